The Kier molecular flexibility index (Phi) is 3.09. The molecule has 1 rings (SSSR count). The molecule has 0 aromatic heterocycles. The van der Waals surface area contributed by atoms with Gasteiger partial charge in [0.15, 0.2) is 0 Å². The number of allylic oxidation sites excluding steroid dienone is 1. The summed E-state index contributed by atoms with van der Waals surface area (Å²) in [6, 6.07) is 10.6. The van der Waals surface area contributed by atoms with Crippen LogP contribution in [0.2, 0.25) is 0 Å². The van der Waals surface area contributed by atoms with E-state index in [9.17, 15) is 0 Å². The minimum Gasteiger partial charge on any atom is -0.103 e. The topological polar surface area (TPSA) is 0 Å². The van der Waals surface area contributed by atoms with Gasteiger partial charge in [-0.2, -0.15) is 0 Å². The van der Waals surface area contributed by atoms with Crippen LogP contribution in [-0.4, -0.2) is 0 Å². The molecule has 0 aliphatic carbocycles. The Bertz CT molecular complexity index is 235. The molecule has 0 nitrogen and oxygen atoms in total. The zero-order chi connectivity index (χ0) is 8.97. The maximum absolute atomic E-state index is 3.81. The molecule has 0 saturated heterocycles. The van der Waals surface area contributed by atoms with E-state index >= 15 is 0 Å². The van der Waals surface area contributed by atoms with Crippen LogP contribution >= 0.6 is 0 Å². The second-order valence-corrected chi connectivity index (χ2v) is 3.29. The van der Waals surface area contributed by atoms with E-state index in [1.807, 2.05) is 6.08 Å². The van der Waals surface area contributed by atoms with Crippen LogP contribution in [0.25, 0.3) is 0 Å². The lowest BCUT2D eigenvalue weighted by Gasteiger charge is -2.16. The average Bonchev–Trinajstić information content (AvgIpc) is 2.17. The lowest BCUT2D eigenvalue weighted by atomic mass is 9.89. The molecule has 0 saturated carbocycles. The Morgan fingerprint density at radius 3 is 2.25 bits per heavy atom. The molecular weight excluding hydrogens is 144 g/mol. The smallest absolute Gasteiger partial charge is 0.0130 e. The van der Waals surface area contributed by atoms with Crippen molar-refractivity contribution in [3.8, 4) is 0 Å². The van der Waals surface area contributed by atoms with E-state index in [0.717, 1.165) is 0 Å². The molecular formula is C12H16. The van der Waals surface area contributed by atoms with E-state index in [1.165, 1.54) is 5.56 Å². The summed E-state index contributed by atoms with van der Waals surface area (Å²) < 4.78 is 0. The van der Waals surface area contributed by atoms with Gasteiger partial charge in [0.2, 0.25) is 0 Å². The largest absolute Gasteiger partial charge is 0.103 e. The summed E-state index contributed by atoms with van der Waals surface area (Å²) in [5.74, 6) is 1.12. The van der Waals surface area contributed by atoms with Crippen LogP contribution in [0.3, 0.4) is 0 Å². The molecule has 0 aliphatic rings. The first-order valence-corrected chi connectivity index (χ1v) is 4.43. The Balaban J connectivity index is 2.78. The van der Waals surface area contributed by atoms with Crippen molar-refractivity contribution in [1.29, 1.82) is 0 Å². The van der Waals surface area contributed by atoms with Crippen molar-refractivity contribution in [2.45, 2.75) is 19.8 Å². The maximum atomic E-state index is 3.81. The molecule has 0 radical (unpaired) electrons. The first-order valence-electron chi connectivity index (χ1n) is 4.43. The predicted octanol–water partition coefficient (Wildman–Crippen LogP) is 3.61. The fourth-order valence-electron chi connectivity index (χ4n) is 1.26. The number of rotatable bonds is 3. The predicted molar refractivity (Wildman–Crippen MR) is 54.2 cm³/mol. The van der Waals surface area contributed by atoms with Crippen molar-refractivity contribution in [3.05, 3.63) is 48.6 Å². The van der Waals surface area contributed by atoms with Gasteiger partial charge in [-0.3, -0.25) is 0 Å². The van der Waals surface area contributed by atoms with Gasteiger partial charge in [-0.25, -0.2) is 0 Å². The summed E-state index contributed by atoms with van der Waals surface area (Å²) in [6.45, 7) is 8.24. The highest BCUT2D eigenvalue weighted by molar-refractivity contribution is 5.20. The van der Waals surface area contributed by atoms with Crippen molar-refractivity contribution < 1.29 is 0 Å². The summed E-state index contributed by atoms with van der Waals surface area (Å²) in [7, 11) is 0. The molecule has 1 aromatic carbocycles. The van der Waals surface area contributed by atoms with Gasteiger partial charge in [0.05, 0.1) is 0 Å². The summed E-state index contributed by atoms with van der Waals surface area (Å²) in [6.07, 6.45) is 2.01. The van der Waals surface area contributed by atoms with Crippen LogP contribution in [0.1, 0.15) is 25.3 Å². The highest BCUT2D eigenvalue weighted by Crippen LogP contribution is 2.23. The molecule has 2 atom stereocenters. The van der Waals surface area contributed by atoms with Crippen LogP contribution < -0.4 is 0 Å². The van der Waals surface area contributed by atoms with E-state index in [2.05, 4.69) is 50.8 Å². The first kappa shape index (κ1) is 9.05. The quantitative estimate of drug-likeness (QED) is 0.592. The fourth-order valence-corrected chi connectivity index (χ4v) is 1.26. The minimum absolute atomic E-state index is 0.549. The summed E-state index contributed by atoms with van der Waals surface area (Å²) in [5.41, 5.74) is 1.39. The van der Waals surface area contributed by atoms with E-state index in [0.29, 0.717) is 11.8 Å². The molecule has 0 heterocycles. The minimum atomic E-state index is 0.549. The van der Waals surface area contributed by atoms with Gasteiger partial charge in [0.25, 0.3) is 0 Å². The van der Waals surface area contributed by atoms with E-state index in [4.69, 9.17) is 0 Å². The zero-order valence-electron chi connectivity index (χ0n) is 7.83. The normalized spacial score (nSPS) is 15.2. The molecule has 0 aliphatic heterocycles. The lowest BCUT2D eigenvalue weighted by Crippen LogP contribution is -2.02. The number of hydrogen-bond donors (Lipinski definition) is 0. The lowest BCUT2D eigenvalue weighted by molar-refractivity contribution is 0.592. The Hall–Kier alpha value is -1.04. The van der Waals surface area contributed by atoms with Gasteiger partial charge < -0.3 is 0 Å². The van der Waals surface area contributed by atoms with Crippen molar-refractivity contribution in [1.82, 2.24) is 0 Å². The van der Waals surface area contributed by atoms with Gasteiger partial charge in [-0.05, 0) is 17.4 Å². The van der Waals surface area contributed by atoms with Crippen LogP contribution in [0.5, 0.6) is 0 Å². The number of hydrogen-bond acceptors (Lipinski definition) is 0. The standard InChI is InChI=1S/C12H16/c1-4-10(2)11(3)12-8-6-5-7-9-12/h4-11H,1H2,2-3H3/t10-,11-/m1/s1. The number of benzene rings is 1. The molecule has 1 aromatic rings. The van der Waals surface area contributed by atoms with Crippen LogP contribution in [0.4, 0.5) is 0 Å². The molecule has 0 heteroatoms. The Morgan fingerprint density at radius 1 is 1.17 bits per heavy atom. The van der Waals surface area contributed by atoms with Crippen molar-refractivity contribution >= 4 is 0 Å². The first-order chi connectivity index (χ1) is 5.75. The van der Waals surface area contributed by atoms with E-state index in [-0.39, 0.29) is 0 Å². The van der Waals surface area contributed by atoms with E-state index in [1.54, 1.807) is 0 Å². The van der Waals surface area contributed by atoms with Crippen molar-refractivity contribution in [2.24, 2.45) is 5.92 Å². The third-order valence-electron chi connectivity index (χ3n) is 2.49. The van der Waals surface area contributed by atoms with Gasteiger partial charge in [0, 0.05) is 0 Å². The van der Waals surface area contributed by atoms with Gasteiger partial charge in [0.1, 0.15) is 0 Å². The SMILES string of the molecule is C=C[C@@H](C)[C@@H](C)c1ccccc1. The molecule has 0 spiro atoms. The highest BCUT2D eigenvalue weighted by Gasteiger charge is 2.09. The van der Waals surface area contributed by atoms with Crippen LogP contribution in [0.15, 0.2) is 43.0 Å². The van der Waals surface area contributed by atoms with Crippen molar-refractivity contribution in [3.63, 3.8) is 0 Å². The highest BCUT2D eigenvalue weighted by atomic mass is 14.1. The monoisotopic (exact) mass is 160 g/mol. The second kappa shape index (κ2) is 4.10. The summed E-state index contributed by atoms with van der Waals surface area (Å²) >= 11 is 0. The molecule has 0 unspecified atom stereocenters. The third kappa shape index (κ3) is 1.97. The Morgan fingerprint density at radius 2 is 1.75 bits per heavy atom. The summed E-state index contributed by atoms with van der Waals surface area (Å²) in [4.78, 5) is 0. The van der Waals surface area contributed by atoms with Gasteiger partial charge >= 0.3 is 0 Å². The van der Waals surface area contributed by atoms with Gasteiger partial charge in [-0.1, -0.05) is 50.3 Å². The third-order valence-corrected chi connectivity index (χ3v) is 2.49. The van der Waals surface area contributed by atoms with Crippen LogP contribution in [0, 0.1) is 5.92 Å². The average molecular weight is 160 g/mol. The van der Waals surface area contributed by atoms with Gasteiger partial charge in [-0.15, -0.1) is 6.58 Å². The molecule has 12 heavy (non-hydrogen) atoms. The summed E-state index contributed by atoms with van der Waals surface area (Å²) in [5, 5.41) is 0. The van der Waals surface area contributed by atoms with E-state index < -0.39 is 0 Å². The fraction of sp³-hybridized carbons (Fsp3) is 0.333. The molecule has 0 fully saturated rings. The molecule has 0 N–H and O–H groups in total. The molecule has 0 bridgehead atoms. The molecule has 64 valence electrons. The molecule has 0 amide bonds. The zero-order valence-corrected chi connectivity index (χ0v) is 7.83. The second-order valence-electron chi connectivity index (χ2n) is 3.29. The van der Waals surface area contributed by atoms with Crippen LogP contribution in [-0.2, 0) is 0 Å². The Labute approximate surface area is 74.9 Å². The maximum Gasteiger partial charge on any atom is -0.0130 e. The van der Waals surface area contributed by atoms with Crippen molar-refractivity contribution in [2.75, 3.05) is 0 Å².